The summed E-state index contributed by atoms with van der Waals surface area (Å²) in [4.78, 5) is 0. The number of hydrogen-bond donors (Lipinski definition) is 0. The normalized spacial score (nSPS) is 10.5. The Morgan fingerprint density at radius 3 is 1.79 bits per heavy atom. The van der Waals surface area contributed by atoms with Gasteiger partial charge in [-0.1, -0.05) is 66.7 Å². The molecule has 0 aliphatic rings. The van der Waals surface area contributed by atoms with Gasteiger partial charge in [0, 0.05) is 17.5 Å². The summed E-state index contributed by atoms with van der Waals surface area (Å²) in [5.74, 6) is 3.11. The third-order valence-corrected chi connectivity index (χ3v) is 5.71. The van der Waals surface area contributed by atoms with Crippen molar-refractivity contribution in [2.75, 3.05) is 20.8 Å². The molecule has 0 aliphatic heterocycles. The fourth-order valence-corrected chi connectivity index (χ4v) is 4.04. The number of rotatable bonds is 11. The first-order valence-corrected chi connectivity index (χ1v) is 11.4. The minimum atomic E-state index is 0.424. The maximum atomic E-state index is 6.21. The van der Waals surface area contributed by atoms with E-state index in [4.69, 9.17) is 18.9 Å². The molecule has 0 radical (unpaired) electrons. The molecule has 4 aromatic carbocycles. The van der Waals surface area contributed by atoms with Gasteiger partial charge in [-0.2, -0.15) is 0 Å². The molecule has 4 aromatic rings. The minimum absolute atomic E-state index is 0.424. The van der Waals surface area contributed by atoms with Crippen molar-refractivity contribution in [3.8, 4) is 23.0 Å². The molecule has 0 aromatic heterocycles. The second kappa shape index (κ2) is 11.8. The average molecular weight is 455 g/mol. The minimum Gasteiger partial charge on any atom is -0.493 e. The molecule has 34 heavy (non-hydrogen) atoms. The SMILES string of the molecule is COc1cc(Cc2ccccc2)c(COc2ccccc2)c(CCOc2ccccc2)c1OC. The first-order valence-electron chi connectivity index (χ1n) is 11.4. The van der Waals surface area contributed by atoms with Crippen LogP contribution in [0.5, 0.6) is 23.0 Å². The van der Waals surface area contributed by atoms with E-state index in [1.165, 1.54) is 5.56 Å². The molecule has 0 saturated heterocycles. The van der Waals surface area contributed by atoms with Crippen molar-refractivity contribution in [3.05, 3.63) is 119 Å². The summed E-state index contributed by atoms with van der Waals surface area (Å²) in [7, 11) is 3.35. The highest BCUT2D eigenvalue weighted by Crippen LogP contribution is 2.38. The zero-order valence-corrected chi connectivity index (χ0v) is 19.7. The van der Waals surface area contributed by atoms with Gasteiger partial charge in [0.15, 0.2) is 11.5 Å². The van der Waals surface area contributed by atoms with Crippen molar-refractivity contribution in [2.24, 2.45) is 0 Å². The molecule has 0 heterocycles. The smallest absolute Gasteiger partial charge is 0.164 e. The summed E-state index contributed by atoms with van der Waals surface area (Å²) in [6.07, 6.45) is 1.42. The van der Waals surface area contributed by atoms with E-state index in [1.807, 2.05) is 66.7 Å². The fourth-order valence-electron chi connectivity index (χ4n) is 4.04. The van der Waals surface area contributed by atoms with Crippen molar-refractivity contribution in [3.63, 3.8) is 0 Å². The van der Waals surface area contributed by atoms with Gasteiger partial charge in [0.25, 0.3) is 0 Å². The second-order valence-electron chi connectivity index (χ2n) is 7.90. The lowest BCUT2D eigenvalue weighted by molar-refractivity contribution is 0.293. The van der Waals surface area contributed by atoms with E-state index in [0.717, 1.165) is 40.4 Å². The molecule has 0 N–H and O–H groups in total. The van der Waals surface area contributed by atoms with E-state index in [2.05, 4.69) is 30.3 Å². The Balaban J connectivity index is 1.70. The molecule has 0 spiro atoms. The lowest BCUT2D eigenvalue weighted by Crippen LogP contribution is -2.12. The van der Waals surface area contributed by atoms with Gasteiger partial charge in [-0.3, -0.25) is 0 Å². The molecular weight excluding hydrogens is 424 g/mol. The van der Waals surface area contributed by atoms with E-state index in [0.29, 0.717) is 25.4 Å². The first-order chi connectivity index (χ1) is 16.8. The number of methoxy groups -OCH3 is 2. The highest BCUT2D eigenvalue weighted by molar-refractivity contribution is 5.56. The Morgan fingerprint density at radius 2 is 1.21 bits per heavy atom. The maximum Gasteiger partial charge on any atom is 0.164 e. The van der Waals surface area contributed by atoms with Crippen molar-refractivity contribution < 1.29 is 18.9 Å². The van der Waals surface area contributed by atoms with Crippen LogP contribution < -0.4 is 18.9 Å². The molecule has 0 fully saturated rings. The Labute approximate surface area is 201 Å². The van der Waals surface area contributed by atoms with Gasteiger partial charge in [0.05, 0.1) is 20.8 Å². The predicted octanol–water partition coefficient (Wildman–Crippen LogP) is 6.50. The zero-order chi connectivity index (χ0) is 23.6. The summed E-state index contributed by atoms with van der Waals surface area (Å²) in [5.41, 5.74) is 4.51. The summed E-state index contributed by atoms with van der Waals surface area (Å²) in [6, 6.07) is 32.2. The Morgan fingerprint density at radius 1 is 0.618 bits per heavy atom. The van der Waals surface area contributed by atoms with Crippen molar-refractivity contribution in [2.45, 2.75) is 19.4 Å². The maximum absolute atomic E-state index is 6.21. The lowest BCUT2D eigenvalue weighted by atomic mass is 9.93. The second-order valence-corrected chi connectivity index (χ2v) is 7.90. The molecule has 0 atom stereocenters. The Bertz CT molecular complexity index is 1160. The van der Waals surface area contributed by atoms with Crippen LogP contribution in [0.4, 0.5) is 0 Å². The Kier molecular flexibility index (Phi) is 8.07. The van der Waals surface area contributed by atoms with E-state index in [9.17, 15) is 0 Å². The van der Waals surface area contributed by atoms with Crippen molar-refractivity contribution in [1.82, 2.24) is 0 Å². The molecule has 0 aliphatic carbocycles. The van der Waals surface area contributed by atoms with Gasteiger partial charge in [0.1, 0.15) is 18.1 Å². The quantitative estimate of drug-likeness (QED) is 0.259. The third kappa shape index (κ3) is 5.90. The van der Waals surface area contributed by atoms with Crippen LogP contribution in [0.2, 0.25) is 0 Å². The number of ether oxygens (including phenoxy) is 4. The van der Waals surface area contributed by atoms with Gasteiger partial charge in [-0.25, -0.2) is 0 Å². The van der Waals surface area contributed by atoms with Gasteiger partial charge >= 0.3 is 0 Å². The van der Waals surface area contributed by atoms with Crippen LogP contribution in [0.1, 0.15) is 22.3 Å². The standard InChI is InChI=1S/C30H30O4/c1-31-29-21-24(20-23-12-6-3-7-13-23)28(22-34-26-16-10-5-11-17-26)27(30(29)32-2)18-19-33-25-14-8-4-9-15-25/h3-17,21H,18-20,22H2,1-2H3. The first kappa shape index (κ1) is 23.2. The van der Waals surface area contributed by atoms with E-state index in [-0.39, 0.29) is 0 Å². The van der Waals surface area contributed by atoms with Gasteiger partial charge in [-0.15, -0.1) is 0 Å². The molecule has 0 saturated carbocycles. The molecule has 0 unspecified atom stereocenters. The largest absolute Gasteiger partial charge is 0.493 e. The van der Waals surface area contributed by atoms with Crippen LogP contribution in [0.3, 0.4) is 0 Å². The molecule has 4 heteroatoms. The molecule has 4 rings (SSSR count). The van der Waals surface area contributed by atoms with Crippen LogP contribution in [0.15, 0.2) is 97.1 Å². The van der Waals surface area contributed by atoms with Crippen LogP contribution in [-0.2, 0) is 19.4 Å². The number of benzene rings is 4. The number of hydrogen-bond acceptors (Lipinski definition) is 4. The fraction of sp³-hybridized carbons (Fsp3) is 0.200. The highest BCUT2D eigenvalue weighted by Gasteiger charge is 2.20. The summed E-state index contributed by atoms with van der Waals surface area (Å²) >= 11 is 0. The van der Waals surface area contributed by atoms with Crippen molar-refractivity contribution in [1.29, 1.82) is 0 Å². The molecule has 0 bridgehead atoms. The van der Waals surface area contributed by atoms with Crippen molar-refractivity contribution >= 4 is 0 Å². The van der Waals surface area contributed by atoms with Gasteiger partial charge in [0.2, 0.25) is 0 Å². The predicted molar refractivity (Wildman–Crippen MR) is 135 cm³/mol. The van der Waals surface area contributed by atoms with Crippen LogP contribution in [-0.4, -0.2) is 20.8 Å². The van der Waals surface area contributed by atoms with Crippen LogP contribution in [0, 0.1) is 0 Å². The highest BCUT2D eigenvalue weighted by atomic mass is 16.5. The van der Waals surface area contributed by atoms with Gasteiger partial charge < -0.3 is 18.9 Å². The summed E-state index contributed by atoms with van der Waals surface area (Å²) in [5, 5.41) is 0. The van der Waals surface area contributed by atoms with E-state index >= 15 is 0 Å². The monoisotopic (exact) mass is 454 g/mol. The van der Waals surface area contributed by atoms with E-state index < -0.39 is 0 Å². The third-order valence-electron chi connectivity index (χ3n) is 5.71. The summed E-state index contributed by atoms with van der Waals surface area (Å²) in [6.45, 7) is 0.934. The summed E-state index contributed by atoms with van der Waals surface area (Å²) < 4.78 is 23.8. The van der Waals surface area contributed by atoms with Gasteiger partial charge in [-0.05, 0) is 47.9 Å². The Hall–Kier alpha value is -3.92. The average Bonchev–Trinajstić information content (AvgIpc) is 2.89. The van der Waals surface area contributed by atoms with E-state index in [1.54, 1.807) is 14.2 Å². The molecule has 0 amide bonds. The molecule has 4 nitrogen and oxygen atoms in total. The van der Waals surface area contributed by atoms with Crippen LogP contribution >= 0.6 is 0 Å². The zero-order valence-electron chi connectivity index (χ0n) is 19.7. The molecule has 174 valence electrons. The topological polar surface area (TPSA) is 36.9 Å². The molecular formula is C30H30O4. The van der Waals surface area contributed by atoms with Crippen LogP contribution in [0.25, 0.3) is 0 Å². The number of para-hydroxylation sites is 2. The lowest BCUT2D eigenvalue weighted by Gasteiger charge is -2.21.